The van der Waals surface area contributed by atoms with Crippen LogP contribution < -0.4 is 16.4 Å². The van der Waals surface area contributed by atoms with E-state index >= 15 is 0 Å². The molecule has 0 spiro atoms. The predicted molar refractivity (Wildman–Crippen MR) is 51.5 cm³/mol. The molecule has 5 heteroatoms. The van der Waals surface area contributed by atoms with Crippen molar-refractivity contribution in [2.45, 2.75) is 6.10 Å². The minimum absolute atomic E-state index is 0.281. The highest BCUT2D eigenvalue weighted by Gasteiger charge is 1.98. The first kappa shape index (κ1) is 12.1. The van der Waals surface area contributed by atoms with Gasteiger partial charge >= 0.3 is 0 Å². The molecule has 74 valence electrons. The third-order valence-corrected chi connectivity index (χ3v) is 1.71. The lowest BCUT2D eigenvalue weighted by Crippen LogP contribution is -2.35. The van der Waals surface area contributed by atoms with Crippen LogP contribution in [-0.2, 0) is 0 Å². The van der Waals surface area contributed by atoms with E-state index in [0.29, 0.717) is 13.1 Å². The zero-order valence-corrected chi connectivity index (χ0v) is 7.98. The fraction of sp³-hybridized carbons (Fsp3) is 1.00. The molecule has 0 amide bonds. The Morgan fingerprint density at radius 3 is 2.50 bits per heavy atom. The number of alkyl halides is 1. The Balaban J connectivity index is 2.90. The van der Waals surface area contributed by atoms with Crippen LogP contribution in [0.3, 0.4) is 0 Å². The Morgan fingerprint density at radius 2 is 1.92 bits per heavy atom. The van der Waals surface area contributed by atoms with Gasteiger partial charge in [0.1, 0.15) is 0 Å². The smallest absolute Gasteiger partial charge is 0.0799 e. The molecule has 0 aliphatic rings. The van der Waals surface area contributed by atoms with Crippen LogP contribution in [0, 0.1) is 0 Å². The van der Waals surface area contributed by atoms with Crippen LogP contribution in [0.4, 0.5) is 0 Å². The van der Waals surface area contributed by atoms with Gasteiger partial charge in [-0.05, 0) is 0 Å². The summed E-state index contributed by atoms with van der Waals surface area (Å²) in [4.78, 5) is 0. The SMILES string of the molecule is NCCNCCNCC(O)CCl. The summed E-state index contributed by atoms with van der Waals surface area (Å²) in [5.41, 5.74) is 5.27. The number of hydrogen-bond donors (Lipinski definition) is 4. The quantitative estimate of drug-likeness (QED) is 0.288. The van der Waals surface area contributed by atoms with Gasteiger partial charge < -0.3 is 21.5 Å². The molecule has 0 saturated heterocycles. The van der Waals surface area contributed by atoms with Crippen molar-refractivity contribution < 1.29 is 5.11 Å². The van der Waals surface area contributed by atoms with E-state index in [9.17, 15) is 0 Å². The number of nitrogens with two attached hydrogens (primary N) is 1. The maximum absolute atomic E-state index is 9.03. The number of aliphatic hydroxyl groups excluding tert-OH is 1. The van der Waals surface area contributed by atoms with Crippen molar-refractivity contribution in [2.75, 3.05) is 38.6 Å². The van der Waals surface area contributed by atoms with Crippen LogP contribution in [0.15, 0.2) is 0 Å². The van der Waals surface area contributed by atoms with Gasteiger partial charge in [-0.1, -0.05) is 0 Å². The molecule has 0 aliphatic carbocycles. The van der Waals surface area contributed by atoms with Gasteiger partial charge in [-0.3, -0.25) is 0 Å². The summed E-state index contributed by atoms with van der Waals surface area (Å²) < 4.78 is 0. The monoisotopic (exact) mass is 195 g/mol. The summed E-state index contributed by atoms with van der Waals surface area (Å²) in [7, 11) is 0. The molecule has 0 heterocycles. The molecule has 0 bridgehead atoms. The third kappa shape index (κ3) is 8.23. The molecule has 1 unspecified atom stereocenters. The largest absolute Gasteiger partial charge is 0.391 e. The minimum Gasteiger partial charge on any atom is -0.391 e. The molecule has 0 aromatic rings. The van der Waals surface area contributed by atoms with E-state index in [1.807, 2.05) is 0 Å². The molecular weight excluding hydrogens is 178 g/mol. The Hall–Kier alpha value is 0.130. The molecule has 12 heavy (non-hydrogen) atoms. The average Bonchev–Trinajstić information content (AvgIpc) is 2.10. The molecule has 1 atom stereocenters. The van der Waals surface area contributed by atoms with Crippen LogP contribution in [0.1, 0.15) is 0 Å². The van der Waals surface area contributed by atoms with Gasteiger partial charge in [0.25, 0.3) is 0 Å². The molecule has 0 fully saturated rings. The lowest BCUT2D eigenvalue weighted by Gasteiger charge is -2.08. The lowest BCUT2D eigenvalue weighted by atomic mass is 10.4. The summed E-state index contributed by atoms with van der Waals surface area (Å²) in [6, 6.07) is 0. The average molecular weight is 196 g/mol. The second-order valence-electron chi connectivity index (χ2n) is 2.55. The van der Waals surface area contributed by atoms with Gasteiger partial charge in [0.05, 0.1) is 6.10 Å². The second kappa shape index (κ2) is 9.22. The number of nitrogens with one attached hydrogen (secondary N) is 2. The lowest BCUT2D eigenvalue weighted by molar-refractivity contribution is 0.195. The van der Waals surface area contributed by atoms with Crippen molar-refractivity contribution in [3.8, 4) is 0 Å². The normalized spacial score (nSPS) is 13.2. The Bertz CT molecular complexity index is 94.7. The maximum Gasteiger partial charge on any atom is 0.0799 e. The first-order chi connectivity index (χ1) is 5.81. The summed E-state index contributed by atoms with van der Waals surface area (Å²) in [6.07, 6.45) is -0.443. The summed E-state index contributed by atoms with van der Waals surface area (Å²) in [6.45, 7) is 3.73. The summed E-state index contributed by atoms with van der Waals surface area (Å²) in [5.74, 6) is 0.281. The van der Waals surface area contributed by atoms with E-state index in [4.69, 9.17) is 22.4 Å². The summed E-state index contributed by atoms with van der Waals surface area (Å²) >= 11 is 5.39. The van der Waals surface area contributed by atoms with Gasteiger partial charge in [0, 0.05) is 38.6 Å². The Labute approximate surface area is 78.5 Å². The van der Waals surface area contributed by atoms with Gasteiger partial charge in [-0.2, -0.15) is 0 Å². The highest BCUT2D eigenvalue weighted by Crippen LogP contribution is 1.83. The molecule has 0 aromatic heterocycles. The van der Waals surface area contributed by atoms with Crippen LogP contribution in [-0.4, -0.2) is 49.8 Å². The fourth-order valence-corrected chi connectivity index (χ4v) is 0.836. The molecule has 4 nitrogen and oxygen atoms in total. The van der Waals surface area contributed by atoms with Crippen LogP contribution in [0.2, 0.25) is 0 Å². The predicted octanol–water partition coefficient (Wildman–Crippen LogP) is -1.28. The van der Waals surface area contributed by atoms with E-state index in [1.165, 1.54) is 0 Å². The van der Waals surface area contributed by atoms with Crippen molar-refractivity contribution in [3.63, 3.8) is 0 Å². The topological polar surface area (TPSA) is 70.3 Å². The van der Waals surface area contributed by atoms with Crippen LogP contribution >= 0.6 is 11.6 Å². The zero-order chi connectivity index (χ0) is 9.23. The van der Waals surface area contributed by atoms with E-state index in [-0.39, 0.29) is 5.88 Å². The Morgan fingerprint density at radius 1 is 1.25 bits per heavy atom. The van der Waals surface area contributed by atoms with Gasteiger partial charge in [0.15, 0.2) is 0 Å². The molecule has 0 rings (SSSR count). The van der Waals surface area contributed by atoms with Crippen LogP contribution in [0.5, 0.6) is 0 Å². The standard InChI is InChI=1S/C7H18ClN3O/c8-5-7(12)6-11-4-3-10-2-1-9/h7,10-12H,1-6,9H2. The first-order valence-electron chi connectivity index (χ1n) is 4.16. The van der Waals surface area contributed by atoms with Crippen molar-refractivity contribution >= 4 is 11.6 Å². The molecule has 0 aliphatic heterocycles. The number of aliphatic hydroxyl groups is 1. The van der Waals surface area contributed by atoms with E-state index in [1.54, 1.807) is 0 Å². The molecular formula is C7H18ClN3O. The van der Waals surface area contributed by atoms with Gasteiger partial charge in [0.2, 0.25) is 0 Å². The van der Waals surface area contributed by atoms with E-state index in [0.717, 1.165) is 19.6 Å². The van der Waals surface area contributed by atoms with Crippen LogP contribution in [0.25, 0.3) is 0 Å². The molecule has 0 saturated carbocycles. The van der Waals surface area contributed by atoms with E-state index in [2.05, 4.69) is 10.6 Å². The van der Waals surface area contributed by atoms with Gasteiger partial charge in [-0.25, -0.2) is 0 Å². The fourth-order valence-electron chi connectivity index (χ4n) is 0.727. The number of halogens is 1. The van der Waals surface area contributed by atoms with Crippen molar-refractivity contribution in [1.82, 2.24) is 10.6 Å². The third-order valence-electron chi connectivity index (χ3n) is 1.36. The minimum atomic E-state index is -0.443. The van der Waals surface area contributed by atoms with Crippen molar-refractivity contribution in [3.05, 3.63) is 0 Å². The second-order valence-corrected chi connectivity index (χ2v) is 2.86. The van der Waals surface area contributed by atoms with Crippen molar-refractivity contribution in [1.29, 1.82) is 0 Å². The zero-order valence-electron chi connectivity index (χ0n) is 7.22. The molecule has 0 radical (unpaired) electrons. The van der Waals surface area contributed by atoms with Gasteiger partial charge in [-0.15, -0.1) is 11.6 Å². The summed E-state index contributed by atoms with van der Waals surface area (Å²) in [5, 5.41) is 15.2. The molecule has 0 aromatic carbocycles. The highest BCUT2D eigenvalue weighted by atomic mass is 35.5. The maximum atomic E-state index is 9.03. The number of hydrogen-bond acceptors (Lipinski definition) is 4. The van der Waals surface area contributed by atoms with E-state index < -0.39 is 6.10 Å². The highest BCUT2D eigenvalue weighted by molar-refractivity contribution is 6.18. The van der Waals surface area contributed by atoms with Crippen molar-refractivity contribution in [2.24, 2.45) is 5.73 Å². The number of rotatable bonds is 8. The Kier molecular flexibility index (Phi) is 9.32. The first-order valence-corrected chi connectivity index (χ1v) is 4.70. The molecule has 5 N–H and O–H groups in total.